The Morgan fingerprint density at radius 1 is 0.875 bits per heavy atom. The summed E-state index contributed by atoms with van der Waals surface area (Å²) >= 11 is 0. The van der Waals surface area contributed by atoms with Crippen molar-refractivity contribution in [1.82, 2.24) is 14.4 Å². The van der Waals surface area contributed by atoms with Crippen molar-refractivity contribution < 1.29 is 37.1 Å². The lowest BCUT2D eigenvalue weighted by molar-refractivity contribution is 0.0198. The van der Waals surface area contributed by atoms with Gasteiger partial charge < -0.3 is 34.1 Å². The van der Waals surface area contributed by atoms with Gasteiger partial charge in [-0.1, -0.05) is 17.7 Å². The minimum absolute atomic E-state index is 0.195. The lowest BCUT2D eigenvalue weighted by Gasteiger charge is -2.31. The highest BCUT2D eigenvalue weighted by molar-refractivity contribution is 7.85. The number of hydrogen-bond donors (Lipinski definition) is 2. The van der Waals surface area contributed by atoms with E-state index in [0.717, 1.165) is 68.4 Å². The van der Waals surface area contributed by atoms with Crippen LogP contribution in [0.2, 0.25) is 0 Å². The molecule has 0 aliphatic carbocycles. The normalized spacial score (nSPS) is 14.8. The van der Waals surface area contributed by atoms with Crippen molar-refractivity contribution in [1.29, 1.82) is 0 Å². The summed E-state index contributed by atoms with van der Waals surface area (Å²) in [5.41, 5.74) is 5.67. The molecule has 1 fully saturated rings. The second-order valence-corrected chi connectivity index (χ2v) is 15.3. The summed E-state index contributed by atoms with van der Waals surface area (Å²) in [4.78, 5) is 16.6. The Labute approximate surface area is 289 Å². The number of carbonyl (C=O) groups excluding carboxylic acids is 1. The number of amides is 1. The van der Waals surface area contributed by atoms with Gasteiger partial charge >= 0.3 is 6.09 Å². The molecule has 1 amide bonds. The van der Waals surface area contributed by atoms with Crippen molar-refractivity contribution in [2.24, 2.45) is 0 Å². The SMILES string of the molecule is CC(C)(C)OC(=O)N1CCn2c(CCN3CCCC3)ccc2C1.Cc1cc(C)c(OCCCCOS(C)(=O)=O)c(C)c1.OCCCCO. The summed E-state index contributed by atoms with van der Waals surface area (Å²) in [6, 6.07) is 8.57. The first-order chi connectivity index (χ1) is 22.6. The largest absolute Gasteiger partial charge is 0.493 e. The van der Waals surface area contributed by atoms with E-state index >= 15 is 0 Å². The summed E-state index contributed by atoms with van der Waals surface area (Å²) < 4.78 is 39.8. The number of unbranched alkanes of at least 4 members (excludes halogenated alkanes) is 2. The summed E-state index contributed by atoms with van der Waals surface area (Å²) in [6.45, 7) is 18.9. The van der Waals surface area contributed by atoms with Gasteiger partial charge in [0, 0.05) is 50.7 Å². The molecule has 0 bridgehead atoms. The molecule has 2 N–H and O–H groups in total. The van der Waals surface area contributed by atoms with Crippen molar-refractivity contribution in [3.8, 4) is 5.75 Å². The number of ether oxygens (including phenoxy) is 2. The number of aromatic nitrogens is 1. The third kappa shape index (κ3) is 16.2. The lowest BCUT2D eigenvalue weighted by atomic mass is 10.1. The van der Waals surface area contributed by atoms with Crippen molar-refractivity contribution in [2.45, 2.75) is 105 Å². The van der Waals surface area contributed by atoms with E-state index in [1.54, 1.807) is 0 Å². The molecule has 48 heavy (non-hydrogen) atoms. The van der Waals surface area contributed by atoms with E-state index in [4.69, 9.17) is 19.7 Å². The van der Waals surface area contributed by atoms with Gasteiger partial charge in [0.05, 0.1) is 26.0 Å². The summed E-state index contributed by atoms with van der Waals surface area (Å²) in [5.74, 6) is 0.926. The Bertz CT molecular complexity index is 1320. The second-order valence-electron chi connectivity index (χ2n) is 13.6. The zero-order valence-corrected chi connectivity index (χ0v) is 31.2. The molecule has 12 heteroatoms. The molecule has 0 saturated carbocycles. The molecule has 0 spiro atoms. The van der Waals surface area contributed by atoms with Gasteiger partial charge in [-0.2, -0.15) is 8.42 Å². The highest BCUT2D eigenvalue weighted by Gasteiger charge is 2.26. The van der Waals surface area contributed by atoms with Crippen LogP contribution in [0.25, 0.3) is 0 Å². The standard InChI is InChI=1S/C18H29N3O2.C14H22O4S.C4H10O2/c1-18(2,3)23-17(22)20-12-13-21-15(6-7-16(21)14-20)8-11-19-9-4-5-10-19;1-11-9-12(2)14(13(3)10-11)17-7-5-6-8-18-19(4,15)16;5-3-1-2-4-6/h6-7H,4-5,8-14H2,1-3H3;9-10H,5-8H2,1-4H3;5-6H,1-4H2. The molecule has 3 heterocycles. The third-order valence-corrected chi connectivity index (χ3v) is 8.49. The number of rotatable bonds is 13. The maximum absolute atomic E-state index is 12.2. The van der Waals surface area contributed by atoms with Crippen LogP contribution in [0, 0.1) is 20.8 Å². The van der Waals surface area contributed by atoms with Gasteiger partial charge in [0.25, 0.3) is 10.1 Å². The topological polar surface area (TPSA) is 131 Å². The van der Waals surface area contributed by atoms with Crippen LogP contribution in [0.4, 0.5) is 4.79 Å². The van der Waals surface area contributed by atoms with Crippen LogP contribution >= 0.6 is 0 Å². The molecule has 0 unspecified atom stereocenters. The average Bonchev–Trinajstić information content (AvgIpc) is 3.66. The Morgan fingerprint density at radius 2 is 1.48 bits per heavy atom. The minimum Gasteiger partial charge on any atom is -0.493 e. The zero-order valence-electron chi connectivity index (χ0n) is 30.4. The predicted octanol–water partition coefficient (Wildman–Crippen LogP) is 5.38. The number of aryl methyl sites for hydroxylation is 3. The van der Waals surface area contributed by atoms with Crippen molar-refractivity contribution in [3.05, 3.63) is 52.3 Å². The average molecular weight is 696 g/mol. The summed E-state index contributed by atoms with van der Waals surface area (Å²) in [6.07, 6.45) is 7.51. The molecule has 0 atom stereocenters. The van der Waals surface area contributed by atoms with E-state index in [2.05, 4.69) is 44.8 Å². The van der Waals surface area contributed by atoms with Gasteiger partial charge in [-0.3, -0.25) is 4.18 Å². The number of likely N-dealkylation sites (tertiary alicyclic amines) is 1. The first-order valence-electron chi connectivity index (χ1n) is 17.3. The maximum Gasteiger partial charge on any atom is 0.410 e. The van der Waals surface area contributed by atoms with Gasteiger partial charge in [-0.05, 0) is 116 Å². The quantitative estimate of drug-likeness (QED) is 0.210. The zero-order chi connectivity index (χ0) is 35.7. The van der Waals surface area contributed by atoms with Crippen LogP contribution in [-0.2, 0) is 38.5 Å². The third-order valence-electron chi connectivity index (χ3n) is 7.90. The van der Waals surface area contributed by atoms with Crippen molar-refractivity contribution in [3.63, 3.8) is 0 Å². The van der Waals surface area contributed by atoms with E-state index in [1.165, 1.54) is 42.9 Å². The van der Waals surface area contributed by atoms with Crippen LogP contribution in [0.5, 0.6) is 5.75 Å². The number of hydrogen-bond acceptors (Lipinski definition) is 9. The smallest absolute Gasteiger partial charge is 0.410 e. The number of benzene rings is 1. The second kappa shape index (κ2) is 20.8. The molecule has 11 nitrogen and oxygen atoms in total. The Kier molecular flexibility index (Phi) is 18.0. The number of aliphatic hydroxyl groups is 2. The molecule has 2 aromatic rings. The van der Waals surface area contributed by atoms with Crippen LogP contribution in [0.3, 0.4) is 0 Å². The predicted molar refractivity (Wildman–Crippen MR) is 190 cm³/mol. The van der Waals surface area contributed by atoms with E-state index < -0.39 is 15.7 Å². The van der Waals surface area contributed by atoms with Gasteiger partial charge in [0.1, 0.15) is 11.4 Å². The fraction of sp³-hybridized carbons (Fsp3) is 0.694. The highest BCUT2D eigenvalue weighted by atomic mass is 32.2. The molecule has 2 aliphatic heterocycles. The fourth-order valence-electron chi connectivity index (χ4n) is 5.66. The van der Waals surface area contributed by atoms with E-state index in [0.29, 0.717) is 19.6 Å². The van der Waals surface area contributed by atoms with Gasteiger partial charge in [0.2, 0.25) is 0 Å². The molecule has 4 rings (SSSR count). The Morgan fingerprint density at radius 3 is 2.04 bits per heavy atom. The number of aliphatic hydroxyl groups excluding tert-OH is 2. The maximum atomic E-state index is 12.2. The monoisotopic (exact) mass is 695 g/mol. The lowest BCUT2D eigenvalue weighted by Crippen LogP contribution is -2.41. The molecule has 0 radical (unpaired) electrons. The minimum atomic E-state index is -3.32. The molecule has 1 saturated heterocycles. The summed E-state index contributed by atoms with van der Waals surface area (Å²) in [5, 5.41) is 16.2. The van der Waals surface area contributed by atoms with Gasteiger partial charge in [0.15, 0.2) is 0 Å². The van der Waals surface area contributed by atoms with Crippen LogP contribution < -0.4 is 4.74 Å². The van der Waals surface area contributed by atoms with Crippen molar-refractivity contribution in [2.75, 3.05) is 58.9 Å². The molecule has 1 aromatic carbocycles. The highest BCUT2D eigenvalue weighted by Crippen LogP contribution is 2.25. The van der Waals surface area contributed by atoms with Gasteiger partial charge in [-0.25, -0.2) is 4.79 Å². The Balaban J connectivity index is 0.000000290. The molecule has 2 aliphatic rings. The number of fused-ring (bicyclic) bond motifs is 1. The summed E-state index contributed by atoms with van der Waals surface area (Å²) in [7, 11) is -3.32. The first-order valence-corrected chi connectivity index (χ1v) is 19.1. The first kappa shape index (κ1) is 41.5. The van der Waals surface area contributed by atoms with Crippen molar-refractivity contribution >= 4 is 16.2 Å². The van der Waals surface area contributed by atoms with Crippen LogP contribution in [0.1, 0.15) is 87.4 Å². The van der Waals surface area contributed by atoms with E-state index in [9.17, 15) is 13.2 Å². The number of carbonyl (C=O) groups is 1. The number of nitrogens with zero attached hydrogens (tertiary/aromatic N) is 3. The van der Waals surface area contributed by atoms with E-state index in [1.807, 2.05) is 39.5 Å². The molecular formula is C36H61N3O8S. The Hall–Kier alpha value is -2.64. The molecular weight excluding hydrogens is 634 g/mol. The molecule has 274 valence electrons. The molecule has 1 aromatic heterocycles. The fourth-order valence-corrected chi connectivity index (χ4v) is 6.08. The van der Waals surface area contributed by atoms with Gasteiger partial charge in [-0.15, -0.1) is 0 Å². The van der Waals surface area contributed by atoms with Crippen LogP contribution in [-0.4, -0.2) is 104 Å². The van der Waals surface area contributed by atoms with E-state index in [-0.39, 0.29) is 25.9 Å². The van der Waals surface area contributed by atoms with Crippen LogP contribution in [0.15, 0.2) is 24.3 Å².